The summed E-state index contributed by atoms with van der Waals surface area (Å²) in [4.78, 5) is 21.5. The van der Waals surface area contributed by atoms with Gasteiger partial charge in [0.1, 0.15) is 0 Å². The van der Waals surface area contributed by atoms with E-state index in [0.717, 1.165) is 5.69 Å². The minimum atomic E-state index is -0.851. The second kappa shape index (κ2) is 3.47. The van der Waals surface area contributed by atoms with Gasteiger partial charge in [0, 0.05) is 26.0 Å². The van der Waals surface area contributed by atoms with Crippen molar-refractivity contribution in [1.82, 2.24) is 9.13 Å². The highest BCUT2D eigenvalue weighted by Gasteiger charge is 2.06. The van der Waals surface area contributed by atoms with Gasteiger partial charge in [-0.15, -0.1) is 0 Å². The Bertz CT molecular complexity index is 375. The molecule has 0 amide bonds. The molecule has 1 rings (SSSR count). The molecule has 0 aliphatic rings. The molecule has 5 nitrogen and oxygen atoms in total. The maximum atomic E-state index is 11.2. The van der Waals surface area contributed by atoms with Crippen molar-refractivity contribution in [2.75, 3.05) is 0 Å². The van der Waals surface area contributed by atoms with Crippen LogP contribution in [-0.2, 0) is 25.3 Å². The Balaban J connectivity index is 2.84. The van der Waals surface area contributed by atoms with Gasteiger partial charge in [-0.05, 0) is 6.42 Å². The first-order valence-corrected chi connectivity index (χ1v) is 3.95. The minimum absolute atomic E-state index is 0.0529. The third-order valence-corrected chi connectivity index (χ3v) is 1.96. The maximum absolute atomic E-state index is 11.2. The molecule has 1 aromatic rings. The van der Waals surface area contributed by atoms with Crippen molar-refractivity contribution in [1.29, 1.82) is 0 Å². The van der Waals surface area contributed by atoms with Crippen LogP contribution in [0, 0.1) is 0 Å². The summed E-state index contributed by atoms with van der Waals surface area (Å²) in [6.07, 6.45) is 2.10. The number of carboxylic acids is 1. The number of hydrogen-bond acceptors (Lipinski definition) is 2. The van der Waals surface area contributed by atoms with Crippen molar-refractivity contribution in [3.63, 3.8) is 0 Å². The lowest BCUT2D eigenvalue weighted by Crippen LogP contribution is -2.20. The molecule has 0 aliphatic carbocycles. The van der Waals surface area contributed by atoms with Crippen LogP contribution in [0.4, 0.5) is 0 Å². The molecule has 0 saturated carbocycles. The average Bonchev–Trinajstić information content (AvgIpc) is 2.29. The van der Waals surface area contributed by atoms with Gasteiger partial charge >= 0.3 is 11.7 Å². The zero-order chi connectivity index (χ0) is 10.0. The summed E-state index contributed by atoms with van der Waals surface area (Å²) in [6, 6.07) is 0. The summed E-state index contributed by atoms with van der Waals surface area (Å²) in [6.45, 7) is 0. The quantitative estimate of drug-likeness (QED) is 0.704. The molecular formula is C8H12N2O3. The average molecular weight is 184 g/mol. The van der Waals surface area contributed by atoms with E-state index in [4.69, 9.17) is 5.11 Å². The van der Waals surface area contributed by atoms with E-state index in [0.29, 0.717) is 6.42 Å². The summed E-state index contributed by atoms with van der Waals surface area (Å²) in [5.41, 5.74) is 0.621. The van der Waals surface area contributed by atoms with Crippen LogP contribution in [0.1, 0.15) is 12.1 Å². The van der Waals surface area contributed by atoms with Crippen molar-refractivity contribution >= 4 is 5.97 Å². The SMILES string of the molecule is Cn1cc(CCC(=O)O)n(C)c1=O. The van der Waals surface area contributed by atoms with Crippen LogP contribution >= 0.6 is 0 Å². The van der Waals surface area contributed by atoms with E-state index in [1.165, 1.54) is 9.13 Å². The molecule has 13 heavy (non-hydrogen) atoms. The Labute approximate surface area is 75.2 Å². The van der Waals surface area contributed by atoms with Crippen molar-refractivity contribution in [3.05, 3.63) is 22.4 Å². The van der Waals surface area contributed by atoms with Crippen LogP contribution in [0.5, 0.6) is 0 Å². The summed E-state index contributed by atoms with van der Waals surface area (Å²) in [7, 11) is 3.28. The number of aryl methyl sites for hydroxylation is 2. The van der Waals surface area contributed by atoms with Crippen molar-refractivity contribution in [3.8, 4) is 0 Å². The molecule has 0 unspecified atom stereocenters. The lowest BCUT2D eigenvalue weighted by molar-refractivity contribution is -0.136. The normalized spacial score (nSPS) is 10.3. The predicted molar refractivity (Wildman–Crippen MR) is 46.6 cm³/mol. The van der Waals surface area contributed by atoms with E-state index in [2.05, 4.69) is 0 Å². The van der Waals surface area contributed by atoms with Crippen LogP contribution in [0.2, 0.25) is 0 Å². The zero-order valence-corrected chi connectivity index (χ0v) is 7.65. The van der Waals surface area contributed by atoms with Gasteiger partial charge in [-0.2, -0.15) is 0 Å². The summed E-state index contributed by atoms with van der Waals surface area (Å²) in [5.74, 6) is -0.851. The second-order valence-corrected chi connectivity index (χ2v) is 2.97. The highest BCUT2D eigenvalue weighted by molar-refractivity contribution is 5.66. The minimum Gasteiger partial charge on any atom is -0.481 e. The van der Waals surface area contributed by atoms with Crippen LogP contribution in [0.3, 0.4) is 0 Å². The standard InChI is InChI=1S/C8H12N2O3/c1-9-5-6(3-4-7(11)12)10(2)8(9)13/h5H,3-4H2,1-2H3,(H,11,12). The summed E-state index contributed by atoms with van der Waals surface area (Å²) in [5, 5.41) is 8.45. The van der Waals surface area contributed by atoms with Crippen molar-refractivity contribution in [2.45, 2.75) is 12.8 Å². The highest BCUT2D eigenvalue weighted by Crippen LogP contribution is 1.99. The number of aliphatic carboxylic acids is 1. The number of aromatic nitrogens is 2. The van der Waals surface area contributed by atoms with E-state index < -0.39 is 5.97 Å². The van der Waals surface area contributed by atoms with Gasteiger partial charge in [0.15, 0.2) is 0 Å². The molecule has 0 aromatic carbocycles. The largest absolute Gasteiger partial charge is 0.481 e. The molecule has 0 bridgehead atoms. The van der Waals surface area contributed by atoms with Crippen LogP contribution in [0.25, 0.3) is 0 Å². The Hall–Kier alpha value is -1.52. The van der Waals surface area contributed by atoms with Gasteiger partial charge < -0.3 is 9.67 Å². The lowest BCUT2D eigenvalue weighted by atomic mass is 10.2. The molecule has 1 heterocycles. The fourth-order valence-electron chi connectivity index (χ4n) is 1.19. The first-order chi connectivity index (χ1) is 6.02. The molecule has 1 N–H and O–H groups in total. The van der Waals surface area contributed by atoms with Gasteiger partial charge in [-0.1, -0.05) is 0 Å². The van der Waals surface area contributed by atoms with Gasteiger partial charge in [-0.3, -0.25) is 9.36 Å². The molecule has 0 saturated heterocycles. The Kier molecular flexibility index (Phi) is 2.55. The number of carboxylic acid groups (broad SMARTS) is 1. The molecule has 72 valence electrons. The highest BCUT2D eigenvalue weighted by atomic mass is 16.4. The summed E-state index contributed by atoms with van der Waals surface area (Å²) >= 11 is 0. The monoisotopic (exact) mass is 184 g/mol. The fraction of sp³-hybridized carbons (Fsp3) is 0.500. The second-order valence-electron chi connectivity index (χ2n) is 2.97. The zero-order valence-electron chi connectivity index (χ0n) is 7.65. The third kappa shape index (κ3) is 1.99. The predicted octanol–water partition coefficient (Wildman–Crippen LogP) is -0.259. The first-order valence-electron chi connectivity index (χ1n) is 3.95. The van der Waals surface area contributed by atoms with E-state index in [-0.39, 0.29) is 12.1 Å². The molecule has 0 radical (unpaired) electrons. The number of imidazole rings is 1. The number of hydrogen-bond donors (Lipinski definition) is 1. The molecule has 0 spiro atoms. The van der Waals surface area contributed by atoms with Crippen molar-refractivity contribution < 1.29 is 9.90 Å². The number of carbonyl (C=O) groups is 1. The summed E-state index contributed by atoms with van der Waals surface area (Å²) < 4.78 is 2.90. The molecule has 0 fully saturated rings. The Morgan fingerprint density at radius 2 is 2.15 bits per heavy atom. The maximum Gasteiger partial charge on any atom is 0.327 e. The third-order valence-electron chi connectivity index (χ3n) is 1.96. The van der Waals surface area contributed by atoms with Crippen LogP contribution in [-0.4, -0.2) is 20.2 Å². The van der Waals surface area contributed by atoms with E-state index >= 15 is 0 Å². The fourth-order valence-corrected chi connectivity index (χ4v) is 1.19. The smallest absolute Gasteiger partial charge is 0.327 e. The number of nitrogens with zero attached hydrogens (tertiary/aromatic N) is 2. The first kappa shape index (κ1) is 9.57. The topological polar surface area (TPSA) is 64.2 Å². The molecule has 0 aliphatic heterocycles. The Morgan fingerprint density at radius 3 is 2.54 bits per heavy atom. The molecule has 5 heteroatoms. The van der Waals surface area contributed by atoms with Crippen LogP contribution in [0.15, 0.2) is 11.0 Å². The van der Waals surface area contributed by atoms with Gasteiger partial charge in [0.2, 0.25) is 0 Å². The molecule has 0 atom stereocenters. The lowest BCUT2D eigenvalue weighted by Gasteiger charge is -1.96. The Morgan fingerprint density at radius 1 is 1.54 bits per heavy atom. The van der Waals surface area contributed by atoms with E-state index in [1.54, 1.807) is 20.3 Å². The van der Waals surface area contributed by atoms with E-state index in [9.17, 15) is 9.59 Å². The van der Waals surface area contributed by atoms with Gasteiger partial charge in [0.25, 0.3) is 0 Å². The number of rotatable bonds is 3. The molecular weight excluding hydrogens is 172 g/mol. The van der Waals surface area contributed by atoms with Crippen molar-refractivity contribution in [2.24, 2.45) is 14.1 Å². The van der Waals surface area contributed by atoms with E-state index in [1.807, 2.05) is 0 Å². The molecule has 1 aromatic heterocycles. The van der Waals surface area contributed by atoms with Crippen LogP contribution < -0.4 is 5.69 Å². The van der Waals surface area contributed by atoms with Gasteiger partial charge in [-0.25, -0.2) is 4.79 Å². The van der Waals surface area contributed by atoms with Gasteiger partial charge in [0.05, 0.1) is 6.42 Å².